The van der Waals surface area contributed by atoms with Gasteiger partial charge in [0.15, 0.2) is 0 Å². The van der Waals surface area contributed by atoms with Crippen molar-refractivity contribution in [3.63, 3.8) is 0 Å². The number of benzene rings is 1. The third-order valence-electron chi connectivity index (χ3n) is 9.51. The third-order valence-corrected chi connectivity index (χ3v) is 9.51. The van der Waals surface area contributed by atoms with Gasteiger partial charge in [-0.3, -0.25) is 14.0 Å². The predicted molar refractivity (Wildman–Crippen MR) is 120 cm³/mol. The molecule has 2 heterocycles. The van der Waals surface area contributed by atoms with Crippen LogP contribution in [0.25, 0.3) is 11.0 Å². The molecule has 2 bridgehead atoms. The monoisotopic (exact) mass is 425 g/mol. The van der Waals surface area contributed by atoms with Crippen LogP contribution in [0.2, 0.25) is 0 Å². The lowest BCUT2D eigenvalue weighted by atomic mass is 9.70. The molecule has 1 aromatic heterocycles. The van der Waals surface area contributed by atoms with E-state index in [1.165, 1.54) is 32.1 Å². The summed E-state index contributed by atoms with van der Waals surface area (Å²) >= 11 is 0. The molecule has 31 heavy (non-hydrogen) atoms. The highest BCUT2D eigenvalue weighted by atomic mass is 16.3. The van der Waals surface area contributed by atoms with Crippen LogP contribution in [-0.4, -0.2) is 56.1 Å². The molecule has 3 saturated carbocycles. The molecule has 4 atom stereocenters. The van der Waals surface area contributed by atoms with Crippen molar-refractivity contribution in [2.45, 2.75) is 76.6 Å². The number of nitrogens with zero attached hydrogens (tertiary/aromatic N) is 3. The van der Waals surface area contributed by atoms with Crippen molar-refractivity contribution in [1.82, 2.24) is 14.0 Å². The average molecular weight is 426 g/mol. The van der Waals surface area contributed by atoms with E-state index in [0.29, 0.717) is 10.8 Å². The zero-order chi connectivity index (χ0) is 21.4. The van der Waals surface area contributed by atoms with E-state index in [1.807, 2.05) is 28.8 Å². The fourth-order valence-corrected chi connectivity index (χ4v) is 7.95. The SMILES string of the molecule is C[C@@]12CC[C@H](C1)[C@@H](N1CCC(n3c(=O)n(C[C@@H](O)CO)c4ccccc43)CC1)C21CC1. The van der Waals surface area contributed by atoms with E-state index >= 15 is 0 Å². The van der Waals surface area contributed by atoms with Gasteiger partial charge in [0.25, 0.3) is 0 Å². The van der Waals surface area contributed by atoms with E-state index in [4.69, 9.17) is 0 Å². The summed E-state index contributed by atoms with van der Waals surface area (Å²) in [5, 5.41) is 19.3. The first-order valence-corrected chi connectivity index (χ1v) is 12.2. The number of hydrogen-bond donors (Lipinski definition) is 2. The molecule has 6 rings (SSSR count). The van der Waals surface area contributed by atoms with Gasteiger partial charge >= 0.3 is 5.69 Å². The number of imidazole rings is 1. The molecule has 1 saturated heterocycles. The van der Waals surface area contributed by atoms with Crippen molar-refractivity contribution in [2.75, 3.05) is 19.7 Å². The van der Waals surface area contributed by atoms with E-state index in [2.05, 4.69) is 11.8 Å². The van der Waals surface area contributed by atoms with Crippen molar-refractivity contribution in [3.8, 4) is 0 Å². The van der Waals surface area contributed by atoms with Crippen molar-refractivity contribution < 1.29 is 10.2 Å². The van der Waals surface area contributed by atoms with E-state index in [0.717, 1.165) is 48.9 Å². The largest absolute Gasteiger partial charge is 0.394 e. The lowest BCUT2D eigenvalue weighted by molar-refractivity contribution is 0.0269. The van der Waals surface area contributed by atoms with Gasteiger partial charge in [-0.2, -0.15) is 0 Å². The molecule has 0 amide bonds. The van der Waals surface area contributed by atoms with E-state index in [-0.39, 0.29) is 24.9 Å². The van der Waals surface area contributed by atoms with Gasteiger partial charge in [-0.05, 0) is 73.8 Å². The molecule has 1 spiro atoms. The second kappa shape index (κ2) is 6.93. The second-order valence-electron chi connectivity index (χ2n) is 11.0. The Morgan fingerprint density at radius 2 is 1.81 bits per heavy atom. The van der Waals surface area contributed by atoms with Gasteiger partial charge in [0.05, 0.1) is 30.3 Å². The summed E-state index contributed by atoms with van der Waals surface area (Å²) < 4.78 is 3.60. The smallest absolute Gasteiger partial charge is 0.329 e. The fraction of sp³-hybridized carbons (Fsp3) is 0.720. The second-order valence-corrected chi connectivity index (χ2v) is 11.0. The Labute approximate surface area is 183 Å². The van der Waals surface area contributed by atoms with Gasteiger partial charge in [-0.15, -0.1) is 0 Å². The fourth-order valence-electron chi connectivity index (χ4n) is 7.95. The summed E-state index contributed by atoms with van der Waals surface area (Å²) in [5.74, 6) is 0.883. The van der Waals surface area contributed by atoms with Crippen molar-refractivity contribution in [2.24, 2.45) is 16.7 Å². The zero-order valence-electron chi connectivity index (χ0n) is 18.5. The van der Waals surface area contributed by atoms with Gasteiger partial charge < -0.3 is 10.2 Å². The summed E-state index contributed by atoms with van der Waals surface area (Å²) in [6, 6.07) is 8.84. The quantitative estimate of drug-likeness (QED) is 0.773. The average Bonchev–Trinajstić information content (AvgIpc) is 3.33. The van der Waals surface area contributed by atoms with Gasteiger partial charge in [0, 0.05) is 25.2 Å². The standard InChI is InChI=1S/C25H35N3O3/c1-24-9-6-17(14-24)22(25(24)10-11-25)26-12-7-18(8-13-26)28-21-5-3-2-4-20(21)27(23(28)31)15-19(30)16-29/h2-5,17-19,22,29-30H,6-16H2,1H3/t17-,19-,22-,24-/m1/s1. The van der Waals surface area contributed by atoms with Gasteiger partial charge in [-0.1, -0.05) is 19.1 Å². The Kier molecular flexibility index (Phi) is 4.47. The molecule has 3 aliphatic carbocycles. The Morgan fingerprint density at radius 3 is 2.48 bits per heavy atom. The molecule has 4 aliphatic rings. The van der Waals surface area contributed by atoms with Crippen LogP contribution in [0, 0.1) is 16.7 Å². The van der Waals surface area contributed by atoms with Crippen LogP contribution in [0.15, 0.2) is 29.1 Å². The maximum absolute atomic E-state index is 13.4. The lowest BCUT2D eigenvalue weighted by Gasteiger charge is -2.46. The van der Waals surface area contributed by atoms with Crippen LogP contribution in [0.5, 0.6) is 0 Å². The summed E-state index contributed by atoms with van der Waals surface area (Å²) in [6.45, 7) is 4.51. The summed E-state index contributed by atoms with van der Waals surface area (Å²) in [6.07, 6.45) is 8.20. The number of fused-ring (bicyclic) bond motifs is 4. The minimum Gasteiger partial charge on any atom is -0.394 e. The number of hydrogen-bond acceptors (Lipinski definition) is 4. The number of rotatable bonds is 5. The van der Waals surface area contributed by atoms with E-state index in [1.54, 1.807) is 4.57 Å². The van der Waals surface area contributed by atoms with Crippen molar-refractivity contribution >= 4 is 11.0 Å². The van der Waals surface area contributed by atoms with Crippen molar-refractivity contribution in [1.29, 1.82) is 0 Å². The molecular formula is C25H35N3O3. The number of para-hydroxylation sites is 2. The highest BCUT2D eigenvalue weighted by Crippen LogP contribution is 2.76. The summed E-state index contributed by atoms with van der Waals surface area (Å²) in [5.41, 5.74) is 2.91. The molecule has 2 aromatic rings. The molecule has 168 valence electrons. The molecule has 0 unspecified atom stereocenters. The number of aliphatic hydroxyl groups excluding tert-OH is 2. The van der Waals surface area contributed by atoms with Gasteiger partial charge in [-0.25, -0.2) is 4.79 Å². The lowest BCUT2D eigenvalue weighted by Crippen LogP contribution is -2.51. The first-order chi connectivity index (χ1) is 15.0. The van der Waals surface area contributed by atoms with Gasteiger partial charge in [0.1, 0.15) is 0 Å². The van der Waals surface area contributed by atoms with Crippen LogP contribution >= 0.6 is 0 Å². The molecule has 1 aliphatic heterocycles. The molecule has 1 aromatic carbocycles. The molecular weight excluding hydrogens is 390 g/mol. The molecule has 4 fully saturated rings. The Morgan fingerprint density at radius 1 is 1.10 bits per heavy atom. The Bertz CT molecular complexity index is 1050. The van der Waals surface area contributed by atoms with Crippen LogP contribution in [-0.2, 0) is 6.54 Å². The van der Waals surface area contributed by atoms with Crippen LogP contribution < -0.4 is 5.69 Å². The zero-order valence-corrected chi connectivity index (χ0v) is 18.5. The van der Waals surface area contributed by atoms with Crippen LogP contribution in [0.1, 0.15) is 57.9 Å². The summed E-state index contributed by atoms with van der Waals surface area (Å²) in [4.78, 5) is 16.1. The normalized spacial score (nSPS) is 33.5. The molecule has 6 heteroatoms. The maximum atomic E-state index is 13.4. The van der Waals surface area contributed by atoms with Crippen LogP contribution in [0.4, 0.5) is 0 Å². The maximum Gasteiger partial charge on any atom is 0.329 e. The van der Waals surface area contributed by atoms with Crippen LogP contribution in [0.3, 0.4) is 0 Å². The van der Waals surface area contributed by atoms with Gasteiger partial charge in [0.2, 0.25) is 0 Å². The van der Waals surface area contributed by atoms with Crippen molar-refractivity contribution in [3.05, 3.63) is 34.7 Å². The highest BCUT2D eigenvalue weighted by molar-refractivity contribution is 5.76. The third kappa shape index (κ3) is 2.77. The predicted octanol–water partition coefficient (Wildman–Crippen LogP) is 2.76. The number of aliphatic hydroxyl groups is 2. The van der Waals surface area contributed by atoms with E-state index in [9.17, 15) is 15.0 Å². The molecule has 6 nitrogen and oxygen atoms in total. The Balaban J connectivity index is 1.26. The molecule has 0 radical (unpaired) electrons. The minimum absolute atomic E-state index is 0.0572. The highest BCUT2D eigenvalue weighted by Gasteiger charge is 2.71. The Hall–Kier alpha value is -1.63. The first kappa shape index (κ1) is 20.0. The topological polar surface area (TPSA) is 70.6 Å². The number of piperidine rings is 1. The number of aromatic nitrogens is 2. The number of likely N-dealkylation sites (tertiary alicyclic amines) is 1. The minimum atomic E-state index is -0.923. The van der Waals surface area contributed by atoms with E-state index < -0.39 is 6.10 Å². The molecule has 2 N–H and O–H groups in total. The first-order valence-electron chi connectivity index (χ1n) is 12.2. The summed E-state index contributed by atoms with van der Waals surface area (Å²) in [7, 11) is 0.